The first kappa shape index (κ1) is 17.1. The average Bonchev–Trinajstić information content (AvgIpc) is 2.78. The Morgan fingerprint density at radius 2 is 2.10 bits per heavy atom. The molecule has 0 aliphatic heterocycles. The van der Waals surface area contributed by atoms with Crippen LogP contribution in [-0.4, -0.2) is 33.7 Å². The van der Waals surface area contributed by atoms with Gasteiger partial charge in [-0.05, 0) is 25.2 Å². The lowest BCUT2D eigenvalue weighted by Gasteiger charge is -2.17. The van der Waals surface area contributed by atoms with Crippen molar-refractivity contribution in [1.82, 2.24) is 15.5 Å². The Labute approximate surface area is 124 Å². The van der Waals surface area contributed by atoms with Crippen molar-refractivity contribution in [3.05, 3.63) is 11.7 Å². The molecule has 0 aliphatic carbocycles. The summed E-state index contributed by atoms with van der Waals surface area (Å²) >= 11 is 0. The van der Waals surface area contributed by atoms with Crippen LogP contribution in [0.15, 0.2) is 4.52 Å². The highest BCUT2D eigenvalue weighted by atomic mass is 16.5. The van der Waals surface area contributed by atoms with Crippen LogP contribution in [0.1, 0.15) is 44.8 Å². The van der Waals surface area contributed by atoms with Crippen molar-refractivity contribution >= 4 is 11.9 Å². The minimum absolute atomic E-state index is 0.0444. The molecule has 0 saturated heterocycles. The van der Waals surface area contributed by atoms with Crippen LogP contribution in [-0.2, 0) is 16.0 Å². The highest BCUT2D eigenvalue weighted by Gasteiger charge is 2.16. The minimum atomic E-state index is -0.837. The number of nitrogens with zero attached hydrogens (tertiary/aromatic N) is 2. The number of aliphatic carboxylic acids is 1. The van der Waals surface area contributed by atoms with Gasteiger partial charge in [-0.1, -0.05) is 19.0 Å². The van der Waals surface area contributed by atoms with Gasteiger partial charge in [0.1, 0.15) is 0 Å². The van der Waals surface area contributed by atoms with Gasteiger partial charge in [-0.3, -0.25) is 9.59 Å². The quantitative estimate of drug-likeness (QED) is 0.716. The van der Waals surface area contributed by atoms with E-state index in [0.717, 1.165) is 6.42 Å². The predicted molar refractivity (Wildman–Crippen MR) is 75.6 cm³/mol. The molecule has 1 aromatic heterocycles. The van der Waals surface area contributed by atoms with Crippen molar-refractivity contribution in [3.63, 3.8) is 0 Å². The lowest BCUT2D eigenvalue weighted by molar-refractivity contribution is -0.138. The molecular formula is C14H23N3O4. The molecule has 0 spiro atoms. The van der Waals surface area contributed by atoms with Gasteiger partial charge in [0.05, 0.1) is 0 Å². The summed E-state index contributed by atoms with van der Waals surface area (Å²) in [7, 11) is 0. The summed E-state index contributed by atoms with van der Waals surface area (Å²) in [6, 6.07) is 0. The highest BCUT2D eigenvalue weighted by molar-refractivity contribution is 5.76. The van der Waals surface area contributed by atoms with Crippen LogP contribution in [0.25, 0.3) is 0 Å². The lowest BCUT2D eigenvalue weighted by Crippen LogP contribution is -2.31. The number of carbonyl (C=O) groups is 2. The summed E-state index contributed by atoms with van der Waals surface area (Å²) in [5.41, 5.74) is 0. The van der Waals surface area contributed by atoms with Gasteiger partial charge in [0.25, 0.3) is 0 Å². The molecule has 1 heterocycles. The summed E-state index contributed by atoms with van der Waals surface area (Å²) in [4.78, 5) is 26.6. The number of aromatic nitrogens is 2. The van der Waals surface area contributed by atoms with E-state index >= 15 is 0 Å². The Balaban J connectivity index is 2.33. The summed E-state index contributed by atoms with van der Waals surface area (Å²) in [5, 5.41) is 15.3. The maximum Gasteiger partial charge on any atom is 0.303 e. The van der Waals surface area contributed by atoms with Gasteiger partial charge in [-0.2, -0.15) is 4.98 Å². The molecule has 2 N–H and O–H groups in total. The van der Waals surface area contributed by atoms with Crippen LogP contribution < -0.4 is 5.32 Å². The Kier molecular flexibility index (Phi) is 6.84. The van der Waals surface area contributed by atoms with Crippen LogP contribution in [0, 0.1) is 18.8 Å². The molecule has 0 bridgehead atoms. The maximum absolute atomic E-state index is 11.8. The summed E-state index contributed by atoms with van der Waals surface area (Å²) in [6.07, 6.45) is 1.49. The van der Waals surface area contributed by atoms with Gasteiger partial charge in [0.2, 0.25) is 11.8 Å². The fourth-order valence-corrected chi connectivity index (χ4v) is 2.16. The average molecular weight is 297 g/mol. The number of carbonyl (C=O) groups excluding carboxylic acids is 1. The van der Waals surface area contributed by atoms with E-state index in [1.165, 1.54) is 0 Å². The Bertz CT molecular complexity index is 471. The summed E-state index contributed by atoms with van der Waals surface area (Å²) in [5.74, 6) is 0.363. The van der Waals surface area contributed by atoms with Gasteiger partial charge in [0, 0.05) is 25.8 Å². The monoisotopic (exact) mass is 297 g/mol. The van der Waals surface area contributed by atoms with E-state index in [1.807, 2.05) is 13.8 Å². The largest absolute Gasteiger partial charge is 0.481 e. The van der Waals surface area contributed by atoms with Gasteiger partial charge in [0.15, 0.2) is 5.82 Å². The number of aryl methyl sites for hydroxylation is 2. The first-order chi connectivity index (χ1) is 9.86. The molecule has 1 atom stereocenters. The number of carboxylic acids is 1. The van der Waals surface area contributed by atoms with Gasteiger partial charge >= 0.3 is 5.97 Å². The lowest BCUT2D eigenvalue weighted by atomic mass is 9.94. The van der Waals surface area contributed by atoms with Crippen molar-refractivity contribution in [1.29, 1.82) is 0 Å². The fraction of sp³-hybridized carbons (Fsp3) is 0.714. The minimum Gasteiger partial charge on any atom is -0.481 e. The standard InChI is InChI=1S/C14H23N3O4/c1-9(2)6-11(7-14(19)20)8-15-12(18)4-5-13-16-10(3)17-21-13/h9,11H,4-8H2,1-3H3,(H,15,18)(H,19,20). The van der Waals surface area contributed by atoms with E-state index in [1.54, 1.807) is 6.92 Å². The first-order valence-electron chi connectivity index (χ1n) is 7.14. The van der Waals surface area contributed by atoms with E-state index in [-0.39, 0.29) is 24.7 Å². The van der Waals surface area contributed by atoms with E-state index in [4.69, 9.17) is 9.63 Å². The molecule has 0 aromatic carbocycles. The zero-order valence-corrected chi connectivity index (χ0v) is 12.8. The molecule has 1 rings (SSSR count). The molecular weight excluding hydrogens is 274 g/mol. The van der Waals surface area contributed by atoms with Crippen molar-refractivity contribution in [2.45, 2.75) is 46.5 Å². The van der Waals surface area contributed by atoms with Crippen molar-refractivity contribution in [2.75, 3.05) is 6.54 Å². The second-order valence-corrected chi connectivity index (χ2v) is 5.63. The Morgan fingerprint density at radius 3 is 2.62 bits per heavy atom. The van der Waals surface area contributed by atoms with Crippen LogP contribution in [0.4, 0.5) is 0 Å². The van der Waals surface area contributed by atoms with Crippen LogP contribution >= 0.6 is 0 Å². The second-order valence-electron chi connectivity index (χ2n) is 5.63. The van der Waals surface area contributed by atoms with E-state index in [9.17, 15) is 9.59 Å². The van der Waals surface area contributed by atoms with Gasteiger partial charge in [-0.25, -0.2) is 0 Å². The van der Waals surface area contributed by atoms with Gasteiger partial charge in [-0.15, -0.1) is 0 Å². The third kappa shape index (κ3) is 7.43. The topological polar surface area (TPSA) is 105 Å². The molecule has 118 valence electrons. The molecule has 1 unspecified atom stereocenters. The predicted octanol–water partition coefficient (Wildman–Crippen LogP) is 1.56. The van der Waals surface area contributed by atoms with E-state index < -0.39 is 5.97 Å². The Hall–Kier alpha value is -1.92. The smallest absolute Gasteiger partial charge is 0.303 e. The molecule has 7 heteroatoms. The van der Waals surface area contributed by atoms with Gasteiger partial charge < -0.3 is 14.9 Å². The zero-order valence-electron chi connectivity index (χ0n) is 12.8. The van der Waals surface area contributed by atoms with E-state index in [2.05, 4.69) is 15.5 Å². The zero-order chi connectivity index (χ0) is 15.8. The number of carboxylic acid groups (broad SMARTS) is 1. The molecule has 0 saturated carbocycles. The first-order valence-corrected chi connectivity index (χ1v) is 7.14. The van der Waals surface area contributed by atoms with Crippen LogP contribution in [0.2, 0.25) is 0 Å². The normalized spacial score (nSPS) is 12.4. The number of nitrogens with one attached hydrogen (secondary N) is 1. The maximum atomic E-state index is 11.8. The van der Waals surface area contributed by atoms with Crippen molar-refractivity contribution in [2.24, 2.45) is 11.8 Å². The highest BCUT2D eigenvalue weighted by Crippen LogP contribution is 2.14. The SMILES string of the molecule is Cc1noc(CCC(=O)NCC(CC(=O)O)CC(C)C)n1. The number of hydrogen-bond donors (Lipinski definition) is 2. The third-order valence-electron chi connectivity index (χ3n) is 2.99. The molecule has 1 aromatic rings. The summed E-state index contributed by atoms with van der Waals surface area (Å²) in [6.45, 7) is 6.17. The summed E-state index contributed by atoms with van der Waals surface area (Å²) < 4.78 is 4.93. The number of rotatable bonds is 9. The molecule has 7 nitrogen and oxygen atoms in total. The Morgan fingerprint density at radius 1 is 1.38 bits per heavy atom. The number of hydrogen-bond acceptors (Lipinski definition) is 5. The van der Waals surface area contributed by atoms with E-state index in [0.29, 0.717) is 30.6 Å². The molecule has 21 heavy (non-hydrogen) atoms. The van der Waals surface area contributed by atoms with Crippen molar-refractivity contribution in [3.8, 4) is 0 Å². The molecule has 0 radical (unpaired) electrons. The molecule has 0 aliphatic rings. The second kappa shape index (κ2) is 8.39. The van der Waals surface area contributed by atoms with Crippen LogP contribution in [0.3, 0.4) is 0 Å². The number of amides is 1. The van der Waals surface area contributed by atoms with Crippen molar-refractivity contribution < 1.29 is 19.2 Å². The fourth-order valence-electron chi connectivity index (χ4n) is 2.16. The molecule has 0 fully saturated rings. The third-order valence-corrected chi connectivity index (χ3v) is 2.99. The molecule has 1 amide bonds. The van der Waals surface area contributed by atoms with Crippen LogP contribution in [0.5, 0.6) is 0 Å².